The fourth-order valence-electron chi connectivity index (χ4n) is 3.08. The van der Waals surface area contributed by atoms with E-state index in [2.05, 4.69) is 33.7 Å². The van der Waals surface area contributed by atoms with Crippen molar-refractivity contribution < 1.29 is 8.42 Å². The molecule has 6 nitrogen and oxygen atoms in total. The van der Waals surface area contributed by atoms with Gasteiger partial charge in [0.25, 0.3) is 0 Å². The van der Waals surface area contributed by atoms with Gasteiger partial charge in [-0.15, -0.1) is 0 Å². The third-order valence-corrected chi connectivity index (χ3v) is 6.10. The predicted octanol–water partition coefficient (Wildman–Crippen LogP) is 2.72. The van der Waals surface area contributed by atoms with Crippen LogP contribution >= 0.6 is 0 Å². The van der Waals surface area contributed by atoms with E-state index in [0.29, 0.717) is 17.4 Å². The molecule has 2 N–H and O–H groups in total. The number of pyridine rings is 1. The maximum atomic E-state index is 12.6. The Hall–Kier alpha value is -2.48. The molecule has 7 heteroatoms. The number of hydrogen-bond donors (Lipinski definition) is 2. The molecule has 1 aromatic heterocycles. The second-order valence-corrected chi connectivity index (χ2v) is 8.44. The first kappa shape index (κ1) is 20.3. The third-order valence-electron chi connectivity index (χ3n) is 4.64. The van der Waals surface area contributed by atoms with Crippen LogP contribution in [0.4, 0.5) is 0 Å². The number of hydrogen-bond acceptors (Lipinski definition) is 4. The van der Waals surface area contributed by atoms with Crippen molar-refractivity contribution in [3.8, 4) is 0 Å². The quantitative estimate of drug-likeness (QED) is 0.542. The summed E-state index contributed by atoms with van der Waals surface area (Å²) in [5.41, 5.74) is 1.65. The molecule has 0 fully saturated rings. The molecule has 1 heterocycles. The number of aromatic nitrogens is 1. The van der Waals surface area contributed by atoms with E-state index < -0.39 is 10.0 Å². The van der Waals surface area contributed by atoms with Crippen LogP contribution in [0.25, 0.3) is 10.9 Å². The first-order chi connectivity index (χ1) is 13.5. The lowest BCUT2D eigenvalue weighted by molar-refractivity contribution is 0.277. The molecular formula is C21H25N3O3S. The van der Waals surface area contributed by atoms with Crippen LogP contribution < -0.4 is 10.3 Å². The molecule has 0 radical (unpaired) electrons. The minimum absolute atomic E-state index is 0.198. The fourth-order valence-corrected chi connectivity index (χ4v) is 4.19. The highest BCUT2D eigenvalue weighted by atomic mass is 32.2. The zero-order chi connectivity index (χ0) is 20.0. The number of nitrogens with zero attached hydrogens (tertiary/aromatic N) is 1. The highest BCUT2D eigenvalue weighted by Gasteiger charge is 2.14. The van der Waals surface area contributed by atoms with E-state index in [4.69, 9.17) is 0 Å². The summed E-state index contributed by atoms with van der Waals surface area (Å²) in [6.45, 7) is 5.05. The zero-order valence-corrected chi connectivity index (χ0v) is 16.7. The molecule has 0 aliphatic carbocycles. The van der Waals surface area contributed by atoms with Crippen LogP contribution in [-0.4, -0.2) is 37.9 Å². The minimum Gasteiger partial charge on any atom is -0.322 e. The summed E-state index contributed by atoms with van der Waals surface area (Å²) >= 11 is 0. The van der Waals surface area contributed by atoms with Gasteiger partial charge in [0, 0.05) is 24.7 Å². The Morgan fingerprint density at radius 3 is 2.57 bits per heavy atom. The lowest BCUT2D eigenvalue weighted by Crippen LogP contribution is -2.30. The summed E-state index contributed by atoms with van der Waals surface area (Å²) < 4.78 is 27.8. The smallest absolute Gasteiger partial charge is 0.248 e. The van der Waals surface area contributed by atoms with Crippen molar-refractivity contribution in [2.24, 2.45) is 0 Å². The average Bonchev–Trinajstić information content (AvgIpc) is 2.70. The van der Waals surface area contributed by atoms with Crippen molar-refractivity contribution in [1.29, 1.82) is 0 Å². The van der Waals surface area contributed by atoms with Gasteiger partial charge in [-0.2, -0.15) is 0 Å². The summed E-state index contributed by atoms with van der Waals surface area (Å²) in [4.78, 5) is 16.5. The van der Waals surface area contributed by atoms with E-state index >= 15 is 0 Å². The van der Waals surface area contributed by atoms with Crippen LogP contribution in [0, 0.1) is 0 Å². The molecule has 0 bridgehead atoms. The van der Waals surface area contributed by atoms with Crippen LogP contribution in [0.3, 0.4) is 0 Å². The van der Waals surface area contributed by atoms with Crippen LogP contribution in [0.15, 0.2) is 70.4 Å². The highest BCUT2D eigenvalue weighted by Crippen LogP contribution is 2.16. The molecular weight excluding hydrogens is 374 g/mol. The van der Waals surface area contributed by atoms with Crippen LogP contribution in [0.2, 0.25) is 0 Å². The van der Waals surface area contributed by atoms with Gasteiger partial charge in [0.15, 0.2) is 0 Å². The summed E-state index contributed by atoms with van der Waals surface area (Å²) in [6.07, 6.45) is 0.723. The zero-order valence-electron chi connectivity index (χ0n) is 15.9. The van der Waals surface area contributed by atoms with Crippen LogP contribution in [0.5, 0.6) is 0 Å². The Kier molecular flexibility index (Phi) is 6.61. The second-order valence-electron chi connectivity index (χ2n) is 6.68. The van der Waals surface area contributed by atoms with Crippen molar-refractivity contribution in [3.63, 3.8) is 0 Å². The largest absolute Gasteiger partial charge is 0.322 e. The standard InChI is InChI=1S/C21H25N3O3S/c1-2-24(16-17-7-4-3-5-8-17)14-6-13-22-28(26,27)19-10-11-20-18(15-19)9-12-21(25)23-20/h3-5,7-12,15,22H,2,6,13-14,16H2,1H3,(H,23,25). The lowest BCUT2D eigenvalue weighted by Gasteiger charge is -2.20. The summed E-state index contributed by atoms with van der Waals surface area (Å²) in [6, 6.07) is 17.9. The van der Waals surface area contributed by atoms with Gasteiger partial charge in [-0.3, -0.25) is 9.69 Å². The molecule has 0 atom stereocenters. The first-order valence-corrected chi connectivity index (χ1v) is 10.9. The van der Waals surface area contributed by atoms with Gasteiger partial charge in [-0.25, -0.2) is 13.1 Å². The topological polar surface area (TPSA) is 82.3 Å². The maximum absolute atomic E-state index is 12.6. The summed E-state index contributed by atoms with van der Waals surface area (Å²) in [5, 5.41) is 0.683. The monoisotopic (exact) mass is 399 g/mol. The van der Waals surface area contributed by atoms with E-state index in [1.54, 1.807) is 18.2 Å². The van der Waals surface area contributed by atoms with E-state index in [1.165, 1.54) is 17.7 Å². The van der Waals surface area contributed by atoms with Gasteiger partial charge in [-0.05, 0) is 54.7 Å². The van der Waals surface area contributed by atoms with E-state index in [9.17, 15) is 13.2 Å². The number of fused-ring (bicyclic) bond motifs is 1. The number of nitrogens with one attached hydrogen (secondary N) is 2. The predicted molar refractivity (Wildman–Crippen MR) is 112 cm³/mol. The Bertz CT molecular complexity index is 1080. The Morgan fingerprint density at radius 2 is 1.82 bits per heavy atom. The van der Waals surface area contributed by atoms with Gasteiger partial charge >= 0.3 is 0 Å². The summed E-state index contributed by atoms with van der Waals surface area (Å²) in [5.74, 6) is 0. The van der Waals surface area contributed by atoms with Gasteiger partial charge in [0.1, 0.15) is 0 Å². The molecule has 3 rings (SSSR count). The normalized spacial score (nSPS) is 11.9. The van der Waals surface area contributed by atoms with Crippen molar-refractivity contribution in [3.05, 3.63) is 76.6 Å². The number of rotatable bonds is 9. The Balaban J connectivity index is 1.56. The van der Waals surface area contributed by atoms with Crippen LogP contribution in [-0.2, 0) is 16.6 Å². The number of benzene rings is 2. The molecule has 0 saturated carbocycles. The SMILES string of the molecule is CCN(CCCNS(=O)(=O)c1ccc2[nH]c(=O)ccc2c1)Cc1ccccc1. The van der Waals surface area contributed by atoms with Crippen molar-refractivity contribution in [2.75, 3.05) is 19.6 Å². The minimum atomic E-state index is -3.59. The van der Waals surface area contributed by atoms with Gasteiger partial charge in [0.2, 0.25) is 15.6 Å². The lowest BCUT2D eigenvalue weighted by atomic mass is 10.2. The van der Waals surface area contributed by atoms with E-state index in [0.717, 1.165) is 26.1 Å². The first-order valence-electron chi connectivity index (χ1n) is 9.37. The molecule has 2 aromatic carbocycles. The van der Waals surface area contributed by atoms with Gasteiger partial charge in [0.05, 0.1) is 4.90 Å². The van der Waals surface area contributed by atoms with E-state index in [-0.39, 0.29) is 10.5 Å². The van der Waals surface area contributed by atoms with Crippen LogP contribution in [0.1, 0.15) is 18.9 Å². The molecule has 0 unspecified atom stereocenters. The van der Waals surface area contributed by atoms with Gasteiger partial charge in [-0.1, -0.05) is 37.3 Å². The number of H-pyrrole nitrogens is 1. The molecule has 28 heavy (non-hydrogen) atoms. The Labute approximate surface area is 165 Å². The third kappa shape index (κ3) is 5.28. The average molecular weight is 400 g/mol. The summed E-state index contributed by atoms with van der Waals surface area (Å²) in [7, 11) is -3.59. The van der Waals surface area contributed by atoms with E-state index in [1.807, 2.05) is 18.2 Å². The molecule has 0 aliphatic rings. The van der Waals surface area contributed by atoms with Crippen molar-refractivity contribution >= 4 is 20.9 Å². The molecule has 0 aliphatic heterocycles. The van der Waals surface area contributed by atoms with Gasteiger partial charge < -0.3 is 4.98 Å². The molecule has 3 aromatic rings. The fraction of sp³-hybridized carbons (Fsp3) is 0.286. The van der Waals surface area contributed by atoms with Crippen molar-refractivity contribution in [2.45, 2.75) is 24.8 Å². The number of aromatic amines is 1. The number of sulfonamides is 1. The molecule has 0 amide bonds. The van der Waals surface area contributed by atoms with Crippen molar-refractivity contribution in [1.82, 2.24) is 14.6 Å². The second kappa shape index (κ2) is 9.14. The highest BCUT2D eigenvalue weighted by molar-refractivity contribution is 7.89. The molecule has 0 spiro atoms. The molecule has 148 valence electrons. The Morgan fingerprint density at radius 1 is 1.04 bits per heavy atom. The maximum Gasteiger partial charge on any atom is 0.248 e. The molecule has 0 saturated heterocycles.